The average Bonchev–Trinajstić information content (AvgIpc) is 2.90. The first-order valence-corrected chi connectivity index (χ1v) is 6.62. The van der Waals surface area contributed by atoms with Crippen molar-refractivity contribution in [2.24, 2.45) is 11.8 Å². The molecule has 1 fully saturated rings. The molecule has 0 amide bonds. The minimum absolute atomic E-state index is 0.147. The zero-order valence-corrected chi connectivity index (χ0v) is 10.6. The van der Waals surface area contributed by atoms with Crippen molar-refractivity contribution >= 4 is 0 Å². The molecule has 1 aromatic heterocycles. The lowest BCUT2D eigenvalue weighted by molar-refractivity contribution is 0.269. The Morgan fingerprint density at radius 3 is 3.12 bits per heavy atom. The van der Waals surface area contributed by atoms with Gasteiger partial charge in [-0.05, 0) is 24.8 Å². The van der Waals surface area contributed by atoms with Crippen LogP contribution < -0.4 is 5.32 Å². The van der Waals surface area contributed by atoms with E-state index in [0.29, 0.717) is 6.54 Å². The second kappa shape index (κ2) is 6.17. The molecule has 0 spiro atoms. The summed E-state index contributed by atoms with van der Waals surface area (Å²) >= 11 is 0. The van der Waals surface area contributed by atoms with Gasteiger partial charge in [0.05, 0.1) is 19.3 Å². The van der Waals surface area contributed by atoms with Crippen molar-refractivity contribution in [2.75, 3.05) is 13.2 Å². The van der Waals surface area contributed by atoms with Crippen molar-refractivity contribution in [1.29, 1.82) is 0 Å². The third kappa shape index (κ3) is 3.54. The van der Waals surface area contributed by atoms with E-state index < -0.39 is 0 Å². The zero-order valence-electron chi connectivity index (χ0n) is 10.6. The van der Waals surface area contributed by atoms with Crippen molar-refractivity contribution in [3.8, 4) is 0 Å². The maximum absolute atomic E-state index is 8.80. The number of nitrogens with zero attached hydrogens (tertiary/aromatic N) is 2. The fourth-order valence-electron chi connectivity index (χ4n) is 2.65. The number of aliphatic hydroxyl groups is 1. The summed E-state index contributed by atoms with van der Waals surface area (Å²) in [5.41, 5.74) is 1.20. The van der Waals surface area contributed by atoms with Crippen LogP contribution >= 0.6 is 0 Å². The molecule has 4 heteroatoms. The van der Waals surface area contributed by atoms with Crippen molar-refractivity contribution in [1.82, 2.24) is 15.1 Å². The Labute approximate surface area is 103 Å². The molecule has 2 atom stereocenters. The molecule has 1 aliphatic carbocycles. The molecule has 0 saturated heterocycles. The van der Waals surface area contributed by atoms with Crippen molar-refractivity contribution in [3.63, 3.8) is 0 Å². The van der Waals surface area contributed by atoms with Crippen molar-refractivity contribution < 1.29 is 5.11 Å². The molecular weight excluding hydrogens is 214 g/mol. The Kier molecular flexibility index (Phi) is 4.57. The molecule has 2 unspecified atom stereocenters. The standard InChI is InChI=1S/C13H23N3O/c1-11-3-2-4-13(11)9-14-7-12-8-15-16(10-12)5-6-17/h8,10-11,13-14,17H,2-7,9H2,1H3. The minimum Gasteiger partial charge on any atom is -0.394 e. The molecule has 1 saturated carbocycles. The maximum atomic E-state index is 8.80. The van der Waals surface area contributed by atoms with Crippen LogP contribution in [0.15, 0.2) is 12.4 Å². The van der Waals surface area contributed by atoms with E-state index in [4.69, 9.17) is 5.11 Å². The Morgan fingerprint density at radius 2 is 2.41 bits per heavy atom. The molecule has 2 N–H and O–H groups in total. The monoisotopic (exact) mass is 237 g/mol. The third-order valence-corrected chi connectivity index (χ3v) is 3.79. The Bertz CT molecular complexity index is 337. The lowest BCUT2D eigenvalue weighted by Gasteiger charge is -2.15. The van der Waals surface area contributed by atoms with Gasteiger partial charge >= 0.3 is 0 Å². The highest BCUT2D eigenvalue weighted by Gasteiger charge is 2.22. The van der Waals surface area contributed by atoms with Gasteiger partial charge in [-0.25, -0.2) is 0 Å². The van der Waals surface area contributed by atoms with E-state index in [9.17, 15) is 0 Å². The fraction of sp³-hybridized carbons (Fsp3) is 0.769. The summed E-state index contributed by atoms with van der Waals surface area (Å²) in [6.07, 6.45) is 8.03. The Balaban J connectivity index is 1.70. The molecule has 4 nitrogen and oxygen atoms in total. The predicted molar refractivity (Wildman–Crippen MR) is 67.5 cm³/mol. The van der Waals surface area contributed by atoms with Gasteiger partial charge in [-0.15, -0.1) is 0 Å². The maximum Gasteiger partial charge on any atom is 0.0640 e. The highest BCUT2D eigenvalue weighted by Crippen LogP contribution is 2.30. The molecule has 0 bridgehead atoms. The first-order chi connectivity index (χ1) is 8.29. The van der Waals surface area contributed by atoms with Gasteiger partial charge < -0.3 is 10.4 Å². The molecular formula is C13H23N3O. The quantitative estimate of drug-likeness (QED) is 0.786. The number of rotatable bonds is 6. The van der Waals surface area contributed by atoms with Crippen LogP contribution in [0.3, 0.4) is 0 Å². The molecule has 0 radical (unpaired) electrons. The average molecular weight is 237 g/mol. The van der Waals surface area contributed by atoms with Crippen LogP contribution in [0, 0.1) is 11.8 Å². The molecule has 0 aromatic carbocycles. The fourth-order valence-corrected chi connectivity index (χ4v) is 2.65. The van der Waals surface area contributed by atoms with Crippen molar-refractivity contribution in [2.45, 2.75) is 39.3 Å². The van der Waals surface area contributed by atoms with Gasteiger partial charge in [0, 0.05) is 18.3 Å². The molecule has 0 aliphatic heterocycles. The van der Waals surface area contributed by atoms with E-state index in [1.807, 2.05) is 12.4 Å². The van der Waals surface area contributed by atoms with Gasteiger partial charge in [0.2, 0.25) is 0 Å². The zero-order chi connectivity index (χ0) is 12.1. The van der Waals surface area contributed by atoms with Gasteiger partial charge in [-0.3, -0.25) is 4.68 Å². The normalized spacial score (nSPS) is 24.4. The summed E-state index contributed by atoms with van der Waals surface area (Å²) in [6.45, 7) is 5.09. The molecule has 2 rings (SSSR count). The van der Waals surface area contributed by atoms with Crippen LogP contribution in [0.1, 0.15) is 31.7 Å². The summed E-state index contributed by atoms with van der Waals surface area (Å²) < 4.78 is 1.79. The smallest absolute Gasteiger partial charge is 0.0640 e. The lowest BCUT2D eigenvalue weighted by Crippen LogP contribution is -2.23. The van der Waals surface area contributed by atoms with E-state index in [1.165, 1.54) is 24.8 Å². The van der Waals surface area contributed by atoms with Crippen LogP contribution in [0.25, 0.3) is 0 Å². The number of nitrogens with one attached hydrogen (secondary N) is 1. The van der Waals surface area contributed by atoms with E-state index in [2.05, 4.69) is 17.3 Å². The molecule has 1 aliphatic rings. The van der Waals surface area contributed by atoms with Gasteiger partial charge in [0.25, 0.3) is 0 Å². The Hall–Kier alpha value is -0.870. The second-order valence-corrected chi connectivity index (χ2v) is 5.13. The topological polar surface area (TPSA) is 50.1 Å². The Morgan fingerprint density at radius 1 is 1.53 bits per heavy atom. The summed E-state index contributed by atoms with van der Waals surface area (Å²) in [5, 5.41) is 16.5. The summed E-state index contributed by atoms with van der Waals surface area (Å²) in [4.78, 5) is 0. The summed E-state index contributed by atoms with van der Waals surface area (Å²) in [5.74, 6) is 1.72. The first kappa shape index (κ1) is 12.6. The van der Waals surface area contributed by atoms with Gasteiger partial charge in [0.15, 0.2) is 0 Å². The molecule has 1 aromatic rings. The number of hydrogen-bond donors (Lipinski definition) is 2. The minimum atomic E-state index is 0.147. The van der Waals surface area contributed by atoms with E-state index in [1.54, 1.807) is 4.68 Å². The molecule has 17 heavy (non-hydrogen) atoms. The van der Waals surface area contributed by atoms with Crippen LogP contribution in [0.4, 0.5) is 0 Å². The molecule has 1 heterocycles. The van der Waals surface area contributed by atoms with Crippen molar-refractivity contribution in [3.05, 3.63) is 18.0 Å². The second-order valence-electron chi connectivity index (χ2n) is 5.13. The van der Waals surface area contributed by atoms with E-state index in [-0.39, 0.29) is 6.61 Å². The SMILES string of the molecule is CC1CCCC1CNCc1cnn(CCO)c1. The highest BCUT2D eigenvalue weighted by molar-refractivity contribution is 5.03. The predicted octanol–water partition coefficient (Wildman–Crippen LogP) is 1.40. The number of aliphatic hydroxyl groups excluding tert-OH is 1. The van der Waals surface area contributed by atoms with Crippen LogP contribution in [-0.4, -0.2) is 28.0 Å². The number of hydrogen-bond acceptors (Lipinski definition) is 3. The van der Waals surface area contributed by atoms with E-state index >= 15 is 0 Å². The van der Waals surface area contributed by atoms with Crippen LogP contribution in [0.2, 0.25) is 0 Å². The summed E-state index contributed by atoms with van der Waals surface area (Å²) in [6, 6.07) is 0. The first-order valence-electron chi connectivity index (χ1n) is 6.62. The van der Waals surface area contributed by atoms with Crippen LogP contribution in [0.5, 0.6) is 0 Å². The highest BCUT2D eigenvalue weighted by atomic mass is 16.3. The van der Waals surface area contributed by atoms with E-state index in [0.717, 1.165) is 24.9 Å². The van der Waals surface area contributed by atoms with Crippen LogP contribution in [-0.2, 0) is 13.1 Å². The lowest BCUT2D eigenvalue weighted by atomic mass is 9.98. The summed E-state index contributed by atoms with van der Waals surface area (Å²) in [7, 11) is 0. The third-order valence-electron chi connectivity index (χ3n) is 3.79. The number of aromatic nitrogens is 2. The van der Waals surface area contributed by atoms with Gasteiger partial charge in [-0.1, -0.05) is 19.8 Å². The van der Waals surface area contributed by atoms with Gasteiger partial charge in [-0.2, -0.15) is 5.10 Å². The molecule has 96 valence electrons. The van der Waals surface area contributed by atoms with Gasteiger partial charge in [0.1, 0.15) is 0 Å². The largest absolute Gasteiger partial charge is 0.394 e.